The van der Waals surface area contributed by atoms with Gasteiger partial charge in [-0.2, -0.15) is 0 Å². The third kappa shape index (κ3) is 1.97. The highest BCUT2D eigenvalue weighted by Gasteiger charge is 2.40. The molecule has 3 nitrogen and oxygen atoms in total. The molecule has 2 aliphatic rings. The maximum absolute atomic E-state index is 11.9. The van der Waals surface area contributed by atoms with Crippen LogP contribution in [-0.4, -0.2) is 11.9 Å². The van der Waals surface area contributed by atoms with E-state index in [1.54, 1.807) is 0 Å². The van der Waals surface area contributed by atoms with E-state index in [0.29, 0.717) is 0 Å². The molecule has 1 fully saturated rings. The number of hydrogen-bond acceptors (Lipinski definition) is 3. The summed E-state index contributed by atoms with van der Waals surface area (Å²) in [6.07, 6.45) is 5.15. The summed E-state index contributed by atoms with van der Waals surface area (Å²) in [5, 5.41) is 2.35. The topological polar surface area (TPSA) is 43.4 Å². The number of esters is 2. The van der Waals surface area contributed by atoms with Gasteiger partial charge in [0.15, 0.2) is 0 Å². The largest absolute Gasteiger partial charge is 0.393 e. The molecule has 0 aromatic heterocycles. The van der Waals surface area contributed by atoms with E-state index in [2.05, 4.69) is 36.4 Å². The van der Waals surface area contributed by atoms with Crippen LogP contribution in [-0.2, 0) is 14.3 Å². The molecule has 0 amide bonds. The number of rotatable bonds is 1. The van der Waals surface area contributed by atoms with Gasteiger partial charge in [-0.25, -0.2) is 0 Å². The summed E-state index contributed by atoms with van der Waals surface area (Å²) in [6, 6.07) is 12.5. The minimum atomic E-state index is -0.401. The molecule has 0 spiro atoms. The number of fused-ring (bicyclic) bond motifs is 2. The first-order valence-corrected chi connectivity index (χ1v) is 7.16. The van der Waals surface area contributed by atoms with Gasteiger partial charge in [0.25, 0.3) is 0 Å². The number of carbonyl (C=O) groups excluding carboxylic acids is 2. The van der Waals surface area contributed by atoms with Gasteiger partial charge in [-0.3, -0.25) is 9.59 Å². The maximum atomic E-state index is 11.9. The Balaban J connectivity index is 1.84. The zero-order valence-corrected chi connectivity index (χ0v) is 11.4. The number of hydrogen-bond donors (Lipinski definition) is 0. The molecular weight excluding hydrogens is 264 g/mol. The van der Waals surface area contributed by atoms with Crippen LogP contribution >= 0.6 is 0 Å². The molecule has 1 aliphatic heterocycles. The van der Waals surface area contributed by atoms with Gasteiger partial charge in [0.05, 0.1) is 12.3 Å². The van der Waals surface area contributed by atoms with Gasteiger partial charge in [-0.05, 0) is 34.4 Å². The first kappa shape index (κ1) is 12.3. The first-order valence-electron chi connectivity index (χ1n) is 7.16. The van der Waals surface area contributed by atoms with Crippen LogP contribution in [0.3, 0.4) is 0 Å². The van der Waals surface area contributed by atoms with E-state index in [0.717, 1.165) is 22.9 Å². The number of benzene rings is 2. The molecule has 2 atom stereocenters. The van der Waals surface area contributed by atoms with Crippen LogP contribution < -0.4 is 0 Å². The van der Waals surface area contributed by atoms with Gasteiger partial charge < -0.3 is 4.74 Å². The molecule has 0 N–H and O–H groups in total. The van der Waals surface area contributed by atoms with Crippen molar-refractivity contribution in [3.63, 3.8) is 0 Å². The lowest BCUT2D eigenvalue weighted by atomic mass is 9.77. The average Bonchev–Trinajstić information content (AvgIpc) is 2.83. The molecule has 1 saturated heterocycles. The molecule has 0 saturated carbocycles. The van der Waals surface area contributed by atoms with E-state index in [1.165, 1.54) is 5.39 Å². The lowest BCUT2D eigenvalue weighted by molar-refractivity contribution is -0.153. The molecule has 104 valence electrons. The highest BCUT2D eigenvalue weighted by molar-refractivity contribution is 5.96. The monoisotopic (exact) mass is 278 g/mol. The second-order valence-corrected chi connectivity index (χ2v) is 5.68. The van der Waals surface area contributed by atoms with Crippen molar-refractivity contribution < 1.29 is 14.3 Å². The summed E-state index contributed by atoms with van der Waals surface area (Å²) < 4.78 is 4.73. The molecule has 2 unspecified atom stereocenters. The fourth-order valence-corrected chi connectivity index (χ4v) is 3.39. The molecule has 2 aromatic rings. The van der Waals surface area contributed by atoms with Crippen molar-refractivity contribution >= 4 is 28.8 Å². The summed E-state index contributed by atoms with van der Waals surface area (Å²) in [5.74, 6) is -1.09. The van der Waals surface area contributed by atoms with E-state index >= 15 is 0 Å². The Kier molecular flexibility index (Phi) is 2.67. The molecule has 0 radical (unpaired) electrons. The van der Waals surface area contributed by atoms with Crippen molar-refractivity contribution in [2.75, 3.05) is 0 Å². The molecule has 0 bridgehead atoms. The van der Waals surface area contributed by atoms with Gasteiger partial charge in [0, 0.05) is 5.92 Å². The summed E-state index contributed by atoms with van der Waals surface area (Å²) in [6.45, 7) is 0. The Morgan fingerprint density at radius 2 is 1.76 bits per heavy atom. The van der Waals surface area contributed by atoms with Crippen molar-refractivity contribution in [3.05, 3.63) is 53.6 Å². The van der Waals surface area contributed by atoms with Crippen LogP contribution in [0.2, 0.25) is 0 Å². The fraction of sp³-hybridized carbons (Fsp3) is 0.222. The summed E-state index contributed by atoms with van der Waals surface area (Å²) >= 11 is 0. The minimum Gasteiger partial charge on any atom is -0.393 e. The quantitative estimate of drug-likeness (QED) is 0.593. The van der Waals surface area contributed by atoms with Crippen molar-refractivity contribution in [1.82, 2.24) is 0 Å². The van der Waals surface area contributed by atoms with Gasteiger partial charge >= 0.3 is 11.9 Å². The molecule has 4 rings (SSSR count). The number of allylic oxidation sites excluding steroid dienone is 1. The van der Waals surface area contributed by atoms with Crippen molar-refractivity contribution in [3.8, 4) is 0 Å². The third-order valence-electron chi connectivity index (χ3n) is 4.43. The third-order valence-corrected chi connectivity index (χ3v) is 4.43. The zero-order valence-electron chi connectivity index (χ0n) is 11.4. The SMILES string of the molecule is O=C1CC(C2CC=Cc3cc4ccccc4cc32)C(=O)O1. The van der Waals surface area contributed by atoms with E-state index in [9.17, 15) is 9.59 Å². The maximum Gasteiger partial charge on any atom is 0.317 e. The van der Waals surface area contributed by atoms with Gasteiger partial charge in [0.1, 0.15) is 0 Å². The Labute approximate surface area is 122 Å². The summed E-state index contributed by atoms with van der Waals surface area (Å²) in [5.41, 5.74) is 2.28. The zero-order chi connectivity index (χ0) is 14.4. The molecule has 2 aromatic carbocycles. The second-order valence-electron chi connectivity index (χ2n) is 5.68. The number of ether oxygens (including phenoxy) is 1. The van der Waals surface area contributed by atoms with Crippen LogP contribution in [0.15, 0.2) is 42.5 Å². The second kappa shape index (κ2) is 4.55. The van der Waals surface area contributed by atoms with Crippen LogP contribution in [0.1, 0.15) is 29.9 Å². The van der Waals surface area contributed by atoms with Crippen LogP contribution in [0, 0.1) is 5.92 Å². The fourth-order valence-electron chi connectivity index (χ4n) is 3.39. The van der Waals surface area contributed by atoms with E-state index in [-0.39, 0.29) is 24.2 Å². The van der Waals surface area contributed by atoms with E-state index in [1.807, 2.05) is 12.1 Å². The van der Waals surface area contributed by atoms with Crippen LogP contribution in [0.4, 0.5) is 0 Å². The average molecular weight is 278 g/mol. The smallest absolute Gasteiger partial charge is 0.317 e. The number of cyclic esters (lactones) is 2. The minimum absolute atomic E-state index is 0.0357. The van der Waals surface area contributed by atoms with Crippen LogP contribution in [0.5, 0.6) is 0 Å². The Hall–Kier alpha value is -2.42. The molecule has 1 heterocycles. The Morgan fingerprint density at radius 1 is 1.00 bits per heavy atom. The standard InChI is InChI=1S/C18H14O3/c19-17-10-16(18(20)21-17)14-7-3-6-13-8-11-4-1-2-5-12(11)9-15(13)14/h1-6,8-9,14,16H,7,10H2. The van der Waals surface area contributed by atoms with Crippen LogP contribution in [0.25, 0.3) is 16.8 Å². The first-order chi connectivity index (χ1) is 10.2. The van der Waals surface area contributed by atoms with Crippen molar-refractivity contribution in [1.29, 1.82) is 0 Å². The van der Waals surface area contributed by atoms with Gasteiger partial charge in [0.2, 0.25) is 0 Å². The predicted octanol–water partition coefficient (Wildman–Crippen LogP) is 3.43. The van der Waals surface area contributed by atoms with E-state index in [4.69, 9.17) is 4.74 Å². The number of carbonyl (C=O) groups is 2. The lowest BCUT2D eigenvalue weighted by Gasteiger charge is -2.25. The lowest BCUT2D eigenvalue weighted by Crippen LogP contribution is -2.19. The highest BCUT2D eigenvalue weighted by Crippen LogP contribution is 2.41. The molecular formula is C18H14O3. The van der Waals surface area contributed by atoms with Gasteiger partial charge in [-0.1, -0.05) is 42.5 Å². The van der Waals surface area contributed by atoms with Crippen molar-refractivity contribution in [2.45, 2.75) is 18.8 Å². The Bertz CT molecular complexity index is 788. The molecule has 1 aliphatic carbocycles. The molecule has 21 heavy (non-hydrogen) atoms. The summed E-state index contributed by atoms with van der Waals surface area (Å²) in [4.78, 5) is 23.3. The highest BCUT2D eigenvalue weighted by atomic mass is 16.6. The van der Waals surface area contributed by atoms with E-state index < -0.39 is 5.97 Å². The Morgan fingerprint density at radius 3 is 2.48 bits per heavy atom. The van der Waals surface area contributed by atoms with Gasteiger partial charge in [-0.15, -0.1) is 0 Å². The summed E-state index contributed by atoms with van der Waals surface area (Å²) in [7, 11) is 0. The predicted molar refractivity (Wildman–Crippen MR) is 79.5 cm³/mol. The molecule has 3 heteroatoms. The normalized spacial score (nSPS) is 24.2. The van der Waals surface area contributed by atoms with Crippen molar-refractivity contribution in [2.24, 2.45) is 5.92 Å².